The van der Waals surface area contributed by atoms with E-state index < -0.39 is 27.6 Å². The molecule has 9 nitrogen and oxygen atoms in total. The van der Waals surface area contributed by atoms with E-state index in [0.717, 1.165) is 0 Å². The summed E-state index contributed by atoms with van der Waals surface area (Å²) in [5.74, 6) is -1.03. The van der Waals surface area contributed by atoms with Crippen molar-refractivity contribution in [3.05, 3.63) is 24.3 Å². The molecule has 0 heterocycles. The van der Waals surface area contributed by atoms with Gasteiger partial charge in [-0.3, -0.25) is 14.4 Å². The molecule has 0 aliphatic rings. The minimum absolute atomic E-state index is 0.0242. The number of esters is 1. The van der Waals surface area contributed by atoms with Crippen molar-refractivity contribution < 1.29 is 27.5 Å². The molecule has 1 aromatic carbocycles. The average molecular weight is 442 g/mol. The van der Waals surface area contributed by atoms with Gasteiger partial charge in [-0.25, -0.2) is 8.42 Å². The number of nitrogens with one attached hydrogen (secondary N) is 2. The van der Waals surface area contributed by atoms with Crippen LogP contribution in [0.2, 0.25) is 0 Å². The van der Waals surface area contributed by atoms with Crippen LogP contribution < -0.4 is 10.0 Å². The number of nitrogens with zero attached hydrogens (tertiary/aromatic N) is 1. The van der Waals surface area contributed by atoms with Gasteiger partial charge in [-0.1, -0.05) is 0 Å². The highest BCUT2D eigenvalue weighted by Gasteiger charge is 2.24. The predicted octanol–water partition coefficient (Wildman–Crippen LogP) is 1.89. The van der Waals surface area contributed by atoms with E-state index in [-0.39, 0.29) is 29.7 Å². The van der Waals surface area contributed by atoms with Gasteiger partial charge in [0.1, 0.15) is 5.60 Å². The number of hydrogen-bond acceptors (Lipinski definition) is 6. The number of carbonyl (C=O) groups is 3. The van der Waals surface area contributed by atoms with Crippen molar-refractivity contribution in [2.45, 2.75) is 64.0 Å². The highest BCUT2D eigenvalue weighted by Crippen LogP contribution is 2.15. The molecule has 0 spiro atoms. The van der Waals surface area contributed by atoms with Crippen LogP contribution >= 0.6 is 0 Å². The third-order valence-electron chi connectivity index (χ3n) is 3.86. The lowest BCUT2D eigenvalue weighted by Gasteiger charge is -2.23. The fourth-order valence-corrected chi connectivity index (χ4v) is 3.76. The van der Waals surface area contributed by atoms with E-state index in [2.05, 4.69) is 10.0 Å². The van der Waals surface area contributed by atoms with Crippen molar-refractivity contribution in [3.8, 4) is 0 Å². The predicted molar refractivity (Wildman–Crippen MR) is 113 cm³/mol. The molecule has 0 radical (unpaired) electrons. The Balaban J connectivity index is 2.60. The first kappa shape index (κ1) is 25.6. The monoisotopic (exact) mass is 441 g/mol. The summed E-state index contributed by atoms with van der Waals surface area (Å²) >= 11 is 0. The molecule has 1 atom stereocenters. The number of sulfonamides is 1. The number of amides is 2. The number of carbonyl (C=O) groups excluding carboxylic acids is 3. The van der Waals surface area contributed by atoms with Gasteiger partial charge in [0.2, 0.25) is 21.8 Å². The topological polar surface area (TPSA) is 122 Å². The maximum Gasteiger partial charge on any atom is 0.306 e. The Hall–Kier alpha value is -2.46. The Morgan fingerprint density at radius 3 is 2.20 bits per heavy atom. The molecule has 0 unspecified atom stereocenters. The third-order valence-corrected chi connectivity index (χ3v) is 5.41. The zero-order valence-corrected chi connectivity index (χ0v) is 19.1. The molecule has 0 aliphatic carbocycles. The van der Waals surface area contributed by atoms with Gasteiger partial charge in [-0.15, -0.1) is 0 Å². The van der Waals surface area contributed by atoms with Crippen molar-refractivity contribution in [1.82, 2.24) is 9.62 Å². The summed E-state index contributed by atoms with van der Waals surface area (Å²) in [5, 5.41) is 2.55. The van der Waals surface area contributed by atoms with Gasteiger partial charge in [-0.2, -0.15) is 4.72 Å². The number of ether oxygens (including phenoxy) is 1. The number of rotatable bonds is 9. The van der Waals surface area contributed by atoms with Gasteiger partial charge in [0.05, 0.1) is 10.9 Å². The third kappa shape index (κ3) is 8.91. The molecule has 0 aliphatic heterocycles. The van der Waals surface area contributed by atoms with Crippen LogP contribution in [0, 0.1) is 0 Å². The Morgan fingerprint density at radius 1 is 1.13 bits per heavy atom. The SMILES string of the molecule is CC(=O)Nc1ccc(S(=O)(=O)N[C@@H](C)C(=O)N(C)CCCC(=O)OC(C)(C)C)cc1. The number of anilines is 1. The summed E-state index contributed by atoms with van der Waals surface area (Å²) in [6.45, 7) is 8.43. The van der Waals surface area contributed by atoms with Crippen LogP contribution in [0.15, 0.2) is 29.2 Å². The Morgan fingerprint density at radius 2 is 1.70 bits per heavy atom. The van der Waals surface area contributed by atoms with E-state index in [9.17, 15) is 22.8 Å². The zero-order chi connectivity index (χ0) is 23.1. The molecule has 0 fully saturated rings. The Bertz CT molecular complexity index is 860. The summed E-state index contributed by atoms with van der Waals surface area (Å²) in [4.78, 5) is 36.6. The molecule has 10 heteroatoms. The summed E-state index contributed by atoms with van der Waals surface area (Å²) < 4.78 is 32.6. The summed E-state index contributed by atoms with van der Waals surface area (Å²) in [5.41, 5.74) is -0.0957. The maximum atomic E-state index is 12.5. The molecule has 2 amide bonds. The van der Waals surface area contributed by atoms with E-state index >= 15 is 0 Å². The van der Waals surface area contributed by atoms with Gasteiger partial charge < -0.3 is 15.0 Å². The molecular formula is C20H31N3O6S. The summed E-state index contributed by atoms with van der Waals surface area (Å²) in [6, 6.07) is 4.62. The van der Waals surface area contributed by atoms with Crippen molar-refractivity contribution >= 4 is 33.5 Å². The van der Waals surface area contributed by atoms with Crippen molar-refractivity contribution in [2.24, 2.45) is 0 Å². The molecule has 0 saturated heterocycles. The molecule has 168 valence electrons. The van der Waals surface area contributed by atoms with Crippen LogP contribution in [0.25, 0.3) is 0 Å². The lowest BCUT2D eigenvalue weighted by Crippen LogP contribution is -2.45. The normalized spacial score (nSPS) is 12.7. The zero-order valence-electron chi connectivity index (χ0n) is 18.3. The van der Waals surface area contributed by atoms with Crippen LogP contribution in [-0.2, 0) is 29.1 Å². The summed E-state index contributed by atoms with van der Waals surface area (Å²) in [6.07, 6.45) is 0.566. The highest BCUT2D eigenvalue weighted by atomic mass is 32.2. The lowest BCUT2D eigenvalue weighted by molar-refractivity contribution is -0.155. The van der Waals surface area contributed by atoms with E-state index in [1.807, 2.05) is 0 Å². The quantitative estimate of drug-likeness (QED) is 0.565. The molecule has 0 bridgehead atoms. The summed E-state index contributed by atoms with van der Waals surface area (Å²) in [7, 11) is -2.38. The second kappa shape index (κ2) is 10.5. The molecule has 0 saturated carbocycles. The second-order valence-electron chi connectivity index (χ2n) is 8.00. The van der Waals surface area contributed by atoms with E-state index in [1.165, 1.54) is 43.0 Å². The smallest absolute Gasteiger partial charge is 0.306 e. The first-order valence-corrected chi connectivity index (χ1v) is 11.1. The van der Waals surface area contributed by atoms with Crippen molar-refractivity contribution in [3.63, 3.8) is 0 Å². The average Bonchev–Trinajstić information content (AvgIpc) is 2.58. The molecule has 30 heavy (non-hydrogen) atoms. The molecular weight excluding hydrogens is 410 g/mol. The van der Waals surface area contributed by atoms with Gasteiger partial charge in [-0.05, 0) is 58.4 Å². The van der Waals surface area contributed by atoms with Crippen LogP contribution in [0.3, 0.4) is 0 Å². The minimum Gasteiger partial charge on any atom is -0.460 e. The fraction of sp³-hybridized carbons (Fsp3) is 0.550. The fourth-order valence-electron chi connectivity index (χ4n) is 2.57. The molecule has 2 N–H and O–H groups in total. The van der Waals surface area contributed by atoms with Crippen LogP contribution in [0.1, 0.15) is 47.5 Å². The van der Waals surface area contributed by atoms with Gasteiger partial charge in [0, 0.05) is 32.6 Å². The molecule has 0 aromatic heterocycles. The maximum absolute atomic E-state index is 12.5. The number of benzene rings is 1. The molecule has 1 aromatic rings. The lowest BCUT2D eigenvalue weighted by atomic mass is 10.2. The number of likely N-dealkylation sites (N-methyl/N-ethyl adjacent to an activating group) is 1. The standard InChI is InChI=1S/C20H31N3O6S/c1-14(19(26)23(6)13-7-8-18(25)29-20(3,4)5)22-30(27,28)17-11-9-16(10-12-17)21-15(2)24/h9-12,14,22H,7-8,13H2,1-6H3,(H,21,24)/t14-/m0/s1. The molecule has 1 rings (SSSR count). The van der Waals surface area contributed by atoms with E-state index in [0.29, 0.717) is 12.1 Å². The van der Waals surface area contributed by atoms with Gasteiger partial charge in [0.25, 0.3) is 0 Å². The van der Waals surface area contributed by atoms with Crippen LogP contribution in [0.5, 0.6) is 0 Å². The highest BCUT2D eigenvalue weighted by molar-refractivity contribution is 7.89. The van der Waals surface area contributed by atoms with E-state index in [1.54, 1.807) is 27.8 Å². The second-order valence-corrected chi connectivity index (χ2v) is 9.71. The van der Waals surface area contributed by atoms with Gasteiger partial charge in [0.15, 0.2) is 0 Å². The number of hydrogen-bond donors (Lipinski definition) is 2. The van der Waals surface area contributed by atoms with Crippen molar-refractivity contribution in [1.29, 1.82) is 0 Å². The first-order valence-electron chi connectivity index (χ1n) is 9.58. The minimum atomic E-state index is -3.92. The van der Waals surface area contributed by atoms with Crippen LogP contribution in [-0.4, -0.2) is 56.3 Å². The van der Waals surface area contributed by atoms with Crippen molar-refractivity contribution in [2.75, 3.05) is 18.9 Å². The largest absolute Gasteiger partial charge is 0.460 e. The first-order chi connectivity index (χ1) is 13.7. The Labute approximate surface area is 178 Å². The Kier molecular flexibility index (Phi) is 8.98. The van der Waals surface area contributed by atoms with E-state index in [4.69, 9.17) is 4.74 Å². The van der Waals surface area contributed by atoms with Gasteiger partial charge >= 0.3 is 5.97 Å². The van der Waals surface area contributed by atoms with Crippen LogP contribution in [0.4, 0.5) is 5.69 Å².